The quantitative estimate of drug-likeness (QED) is 0.772. The molecule has 0 amide bonds. The molecule has 5 heteroatoms. The monoisotopic (exact) mass is 339 g/mol. The van der Waals surface area contributed by atoms with Crippen molar-refractivity contribution in [3.63, 3.8) is 0 Å². The van der Waals surface area contributed by atoms with E-state index in [4.69, 9.17) is 4.74 Å². The summed E-state index contributed by atoms with van der Waals surface area (Å²) < 4.78 is 31.9. The summed E-state index contributed by atoms with van der Waals surface area (Å²) >= 11 is 0. The third-order valence-electron chi connectivity index (χ3n) is 4.41. The fourth-order valence-corrected chi connectivity index (χ4v) is 4.28. The third kappa shape index (κ3) is 2.61. The zero-order valence-corrected chi connectivity index (χ0v) is 14.1. The summed E-state index contributed by atoms with van der Waals surface area (Å²) in [5.74, 6) is 0.959. The first-order valence-corrected chi connectivity index (χ1v) is 9.41. The second kappa shape index (κ2) is 5.53. The summed E-state index contributed by atoms with van der Waals surface area (Å²) in [7, 11) is -1.59. The van der Waals surface area contributed by atoms with Crippen molar-refractivity contribution in [2.75, 3.05) is 17.6 Å². The van der Waals surface area contributed by atoms with Crippen molar-refractivity contribution in [2.45, 2.75) is 6.42 Å². The minimum absolute atomic E-state index is 0.140. The minimum Gasteiger partial charge on any atom is -0.497 e. The van der Waals surface area contributed by atoms with Crippen molar-refractivity contribution in [2.24, 2.45) is 0 Å². The highest BCUT2D eigenvalue weighted by Crippen LogP contribution is 2.36. The van der Waals surface area contributed by atoms with Gasteiger partial charge in [0.05, 0.1) is 18.6 Å². The number of sulfonamides is 1. The number of rotatable bonds is 2. The molecule has 122 valence electrons. The third-order valence-corrected chi connectivity index (χ3v) is 5.66. The predicted molar refractivity (Wildman–Crippen MR) is 97.0 cm³/mol. The maximum Gasteiger partial charge on any atom is 0.233 e. The molecular formula is C19H17NO3S. The van der Waals surface area contributed by atoms with Crippen LogP contribution in [-0.2, 0) is 16.4 Å². The van der Waals surface area contributed by atoms with E-state index in [1.807, 2.05) is 48.5 Å². The van der Waals surface area contributed by atoms with Crippen molar-refractivity contribution in [1.29, 1.82) is 0 Å². The summed E-state index contributed by atoms with van der Waals surface area (Å²) in [4.78, 5) is 0. The Bertz CT molecular complexity index is 1040. The zero-order valence-electron chi connectivity index (χ0n) is 13.2. The van der Waals surface area contributed by atoms with Crippen molar-refractivity contribution < 1.29 is 13.2 Å². The predicted octanol–water partition coefficient (Wildman–Crippen LogP) is 3.81. The van der Waals surface area contributed by atoms with Crippen LogP contribution in [0.5, 0.6) is 5.75 Å². The van der Waals surface area contributed by atoms with Crippen LogP contribution in [0.15, 0.2) is 54.6 Å². The van der Waals surface area contributed by atoms with Crippen molar-refractivity contribution >= 4 is 26.5 Å². The second-order valence-electron chi connectivity index (χ2n) is 5.94. The summed E-state index contributed by atoms with van der Waals surface area (Å²) in [5, 5.41) is 2.17. The van der Waals surface area contributed by atoms with Crippen molar-refractivity contribution in [1.82, 2.24) is 0 Å². The topological polar surface area (TPSA) is 55.4 Å². The van der Waals surface area contributed by atoms with Gasteiger partial charge in [0.1, 0.15) is 5.75 Å². The van der Waals surface area contributed by atoms with Crippen molar-refractivity contribution in [3.05, 3.63) is 60.2 Å². The van der Waals surface area contributed by atoms with E-state index in [0.29, 0.717) is 12.1 Å². The summed E-state index contributed by atoms with van der Waals surface area (Å²) in [6.45, 7) is 0. The summed E-state index contributed by atoms with van der Waals surface area (Å²) in [6, 6.07) is 18.0. The molecule has 4 rings (SSSR count). The molecule has 3 aromatic rings. The van der Waals surface area contributed by atoms with E-state index in [9.17, 15) is 8.42 Å². The van der Waals surface area contributed by atoms with Crippen molar-refractivity contribution in [3.8, 4) is 16.9 Å². The van der Waals surface area contributed by atoms with E-state index in [2.05, 4.69) is 10.8 Å². The lowest BCUT2D eigenvalue weighted by molar-refractivity contribution is 0.415. The highest BCUT2D eigenvalue weighted by Gasteiger charge is 2.22. The molecule has 0 saturated carbocycles. The number of para-hydroxylation sites is 1. The molecule has 1 aliphatic rings. The van der Waals surface area contributed by atoms with Crippen LogP contribution in [0, 0.1) is 0 Å². The lowest BCUT2D eigenvalue weighted by atomic mass is 9.97. The Balaban J connectivity index is 1.86. The van der Waals surface area contributed by atoms with Gasteiger partial charge in [0.2, 0.25) is 10.0 Å². The van der Waals surface area contributed by atoms with Gasteiger partial charge in [0.15, 0.2) is 0 Å². The molecule has 0 unspecified atom stereocenters. The Hall–Kier alpha value is -2.53. The van der Waals surface area contributed by atoms with Crippen LogP contribution in [0.4, 0.5) is 5.69 Å². The first-order valence-electron chi connectivity index (χ1n) is 7.76. The van der Waals surface area contributed by atoms with Crippen LogP contribution in [0.25, 0.3) is 21.9 Å². The van der Waals surface area contributed by atoms with Crippen LogP contribution in [-0.4, -0.2) is 21.3 Å². The van der Waals surface area contributed by atoms with E-state index in [1.165, 1.54) is 0 Å². The second-order valence-corrected chi connectivity index (χ2v) is 7.78. The Labute approximate surface area is 141 Å². The van der Waals surface area contributed by atoms with E-state index in [1.54, 1.807) is 7.11 Å². The molecule has 1 heterocycles. The summed E-state index contributed by atoms with van der Waals surface area (Å²) in [6.07, 6.45) is 0.545. The van der Waals surface area contributed by atoms with Gasteiger partial charge in [-0.15, -0.1) is 0 Å². The summed E-state index contributed by atoms with van der Waals surface area (Å²) in [5.41, 5.74) is 3.65. The van der Waals surface area contributed by atoms with Gasteiger partial charge in [-0.25, -0.2) is 8.42 Å². The van der Waals surface area contributed by atoms with Crippen LogP contribution >= 0.6 is 0 Å². The molecule has 4 nitrogen and oxygen atoms in total. The zero-order chi connectivity index (χ0) is 16.7. The lowest BCUT2D eigenvalue weighted by Gasteiger charge is -2.21. The van der Waals surface area contributed by atoms with Gasteiger partial charge in [-0.3, -0.25) is 4.72 Å². The minimum atomic E-state index is -3.24. The van der Waals surface area contributed by atoms with Gasteiger partial charge >= 0.3 is 0 Å². The van der Waals surface area contributed by atoms with Gasteiger partial charge < -0.3 is 4.74 Å². The van der Waals surface area contributed by atoms with Crippen LogP contribution in [0.2, 0.25) is 0 Å². The van der Waals surface area contributed by atoms with E-state index >= 15 is 0 Å². The van der Waals surface area contributed by atoms with E-state index in [-0.39, 0.29) is 5.75 Å². The standard InChI is InChI=1S/C19H17NO3S/c1-23-17-8-7-14-11-16(6-5-15(14)12-17)18-4-2-3-13-9-10-24(21,22)20-19(13)18/h2-8,11-12,20H,9-10H2,1H3. The molecule has 0 aromatic heterocycles. The van der Waals surface area contributed by atoms with Gasteiger partial charge in [-0.05, 0) is 46.5 Å². The van der Waals surface area contributed by atoms with Gasteiger partial charge in [0.25, 0.3) is 0 Å². The first-order chi connectivity index (χ1) is 11.6. The maximum absolute atomic E-state index is 12.0. The molecule has 0 bridgehead atoms. The Kier molecular flexibility index (Phi) is 3.46. The smallest absolute Gasteiger partial charge is 0.233 e. The fourth-order valence-electron chi connectivity index (χ4n) is 3.14. The molecule has 3 aromatic carbocycles. The number of hydrogen-bond acceptors (Lipinski definition) is 3. The average molecular weight is 339 g/mol. The SMILES string of the molecule is COc1ccc2cc(-c3cccc4c3NS(=O)(=O)CC4)ccc2c1. The number of hydrogen-bond donors (Lipinski definition) is 1. The molecule has 0 saturated heterocycles. The molecular weight excluding hydrogens is 322 g/mol. The molecule has 1 N–H and O–H groups in total. The number of aryl methyl sites for hydroxylation is 1. The number of ether oxygens (including phenoxy) is 1. The molecule has 0 atom stereocenters. The Morgan fingerprint density at radius 1 is 1.00 bits per heavy atom. The number of methoxy groups -OCH3 is 1. The Morgan fingerprint density at radius 3 is 2.62 bits per heavy atom. The van der Waals surface area contributed by atoms with Gasteiger partial charge in [-0.2, -0.15) is 0 Å². The van der Waals surface area contributed by atoms with Crippen LogP contribution in [0.3, 0.4) is 0 Å². The molecule has 0 spiro atoms. The van der Waals surface area contributed by atoms with E-state index in [0.717, 1.165) is 33.2 Å². The van der Waals surface area contributed by atoms with Crippen LogP contribution < -0.4 is 9.46 Å². The van der Waals surface area contributed by atoms with Gasteiger partial charge in [0, 0.05) is 5.56 Å². The fraction of sp³-hybridized carbons (Fsp3) is 0.158. The van der Waals surface area contributed by atoms with Crippen LogP contribution in [0.1, 0.15) is 5.56 Å². The van der Waals surface area contributed by atoms with Gasteiger partial charge in [-0.1, -0.05) is 36.4 Å². The molecule has 24 heavy (non-hydrogen) atoms. The highest BCUT2D eigenvalue weighted by molar-refractivity contribution is 7.92. The number of anilines is 1. The highest BCUT2D eigenvalue weighted by atomic mass is 32.2. The average Bonchev–Trinajstić information content (AvgIpc) is 2.59. The Morgan fingerprint density at radius 2 is 1.79 bits per heavy atom. The number of fused-ring (bicyclic) bond motifs is 2. The molecule has 0 aliphatic carbocycles. The largest absolute Gasteiger partial charge is 0.497 e. The maximum atomic E-state index is 12.0. The molecule has 1 aliphatic heterocycles. The lowest BCUT2D eigenvalue weighted by Crippen LogP contribution is -2.24. The molecule has 0 fully saturated rings. The first kappa shape index (κ1) is 15.0. The number of benzene rings is 3. The molecule has 0 radical (unpaired) electrons. The normalized spacial score (nSPS) is 15.5. The number of nitrogens with one attached hydrogen (secondary N) is 1. The van der Waals surface area contributed by atoms with E-state index < -0.39 is 10.0 Å².